The van der Waals surface area contributed by atoms with Crippen molar-refractivity contribution in [1.82, 2.24) is 15.1 Å². The van der Waals surface area contributed by atoms with E-state index in [1.54, 1.807) is 6.20 Å². The molecule has 0 unspecified atom stereocenters. The molecule has 1 aromatic rings. The monoisotopic (exact) mass is 278 g/mol. The first-order chi connectivity index (χ1) is 9.54. The van der Waals surface area contributed by atoms with Gasteiger partial charge in [-0.15, -0.1) is 0 Å². The zero-order chi connectivity index (χ0) is 14.5. The fraction of sp³-hybridized carbons (Fsp3) is 0.643. The number of nitrogens with zero attached hydrogens (tertiary/aromatic N) is 2. The summed E-state index contributed by atoms with van der Waals surface area (Å²) in [6.45, 7) is 4.61. The van der Waals surface area contributed by atoms with Crippen molar-refractivity contribution in [3.8, 4) is 0 Å². The van der Waals surface area contributed by atoms with Crippen LogP contribution in [0.3, 0.4) is 0 Å². The highest BCUT2D eigenvalue weighted by Gasteiger charge is 2.17. The Kier molecular flexibility index (Phi) is 4.76. The van der Waals surface area contributed by atoms with Crippen LogP contribution < -0.4 is 16.2 Å². The van der Waals surface area contributed by atoms with Crippen molar-refractivity contribution in [2.24, 2.45) is 5.92 Å². The van der Waals surface area contributed by atoms with Gasteiger partial charge in [-0.3, -0.25) is 9.59 Å². The number of carbonyl (C=O) groups excluding carboxylic acids is 1. The van der Waals surface area contributed by atoms with Gasteiger partial charge in [-0.05, 0) is 25.2 Å². The van der Waals surface area contributed by atoms with Gasteiger partial charge in [-0.1, -0.05) is 13.8 Å². The van der Waals surface area contributed by atoms with Crippen LogP contribution in [0.5, 0.6) is 0 Å². The second-order valence-electron chi connectivity index (χ2n) is 5.71. The molecule has 6 heteroatoms. The number of hydrogen-bond acceptors (Lipinski definition) is 4. The number of carbonyl (C=O) groups is 1. The van der Waals surface area contributed by atoms with E-state index in [0.717, 1.165) is 18.5 Å². The lowest BCUT2D eigenvalue weighted by atomic mass is 9.93. The van der Waals surface area contributed by atoms with Crippen molar-refractivity contribution in [2.45, 2.75) is 45.7 Å². The zero-order valence-electron chi connectivity index (χ0n) is 12.1. The van der Waals surface area contributed by atoms with Crippen molar-refractivity contribution in [1.29, 1.82) is 0 Å². The Hall–Kier alpha value is -1.85. The third kappa shape index (κ3) is 4.08. The van der Waals surface area contributed by atoms with Crippen LogP contribution in [0.4, 0.5) is 5.69 Å². The van der Waals surface area contributed by atoms with E-state index in [1.165, 1.54) is 17.2 Å². The van der Waals surface area contributed by atoms with Crippen LogP contribution in [0.1, 0.15) is 33.1 Å². The third-order valence-corrected chi connectivity index (χ3v) is 3.35. The lowest BCUT2D eigenvalue weighted by Crippen LogP contribution is -2.35. The molecule has 1 amide bonds. The second kappa shape index (κ2) is 6.54. The molecule has 0 bridgehead atoms. The fourth-order valence-corrected chi connectivity index (χ4v) is 1.93. The highest BCUT2D eigenvalue weighted by molar-refractivity contribution is 5.75. The van der Waals surface area contributed by atoms with Crippen molar-refractivity contribution >= 4 is 11.6 Å². The first-order valence-electron chi connectivity index (χ1n) is 7.15. The molecule has 0 aliphatic heterocycles. The molecule has 0 aromatic carbocycles. The van der Waals surface area contributed by atoms with Crippen molar-refractivity contribution < 1.29 is 4.79 Å². The number of amides is 1. The van der Waals surface area contributed by atoms with E-state index < -0.39 is 0 Å². The predicted octanol–water partition coefficient (Wildman–Crippen LogP) is 0.980. The molecule has 0 atom stereocenters. The zero-order valence-corrected chi connectivity index (χ0v) is 12.1. The van der Waals surface area contributed by atoms with E-state index >= 15 is 0 Å². The Morgan fingerprint density at radius 2 is 2.25 bits per heavy atom. The third-order valence-electron chi connectivity index (χ3n) is 3.35. The number of rotatable bonds is 6. The van der Waals surface area contributed by atoms with Gasteiger partial charge >= 0.3 is 0 Å². The maximum atomic E-state index is 11.9. The summed E-state index contributed by atoms with van der Waals surface area (Å²) in [4.78, 5) is 23.5. The van der Waals surface area contributed by atoms with Crippen molar-refractivity contribution in [3.63, 3.8) is 0 Å². The smallest absolute Gasteiger partial charge is 0.269 e. The minimum Gasteiger partial charge on any atom is -0.381 e. The second-order valence-corrected chi connectivity index (χ2v) is 5.71. The summed E-state index contributed by atoms with van der Waals surface area (Å²) in [5.41, 5.74) is 0.479. The Balaban J connectivity index is 1.91. The van der Waals surface area contributed by atoms with Gasteiger partial charge in [0.05, 0.1) is 11.9 Å². The molecular weight excluding hydrogens is 256 g/mol. The summed E-state index contributed by atoms with van der Waals surface area (Å²) in [5, 5.41) is 10.1. The van der Waals surface area contributed by atoms with Gasteiger partial charge in [0.2, 0.25) is 5.91 Å². The van der Waals surface area contributed by atoms with Crippen LogP contribution in [0, 0.1) is 5.92 Å². The number of hydrogen-bond donors (Lipinski definition) is 2. The van der Waals surface area contributed by atoms with E-state index in [9.17, 15) is 9.59 Å². The van der Waals surface area contributed by atoms with Crippen LogP contribution in [0.15, 0.2) is 17.1 Å². The highest BCUT2D eigenvalue weighted by Crippen LogP contribution is 2.21. The normalized spacial score (nSPS) is 14.9. The van der Waals surface area contributed by atoms with Gasteiger partial charge < -0.3 is 10.6 Å². The van der Waals surface area contributed by atoms with Crippen LogP contribution in [0.25, 0.3) is 0 Å². The van der Waals surface area contributed by atoms with Crippen LogP contribution >= 0.6 is 0 Å². The lowest BCUT2D eigenvalue weighted by Gasteiger charge is -2.27. The van der Waals surface area contributed by atoms with Crippen molar-refractivity contribution in [3.05, 3.63) is 22.6 Å². The minimum atomic E-state index is -0.256. The highest BCUT2D eigenvalue weighted by atomic mass is 16.2. The van der Waals surface area contributed by atoms with Crippen LogP contribution in [0.2, 0.25) is 0 Å². The number of aromatic nitrogens is 2. The Bertz CT molecular complexity index is 520. The van der Waals surface area contributed by atoms with Gasteiger partial charge in [0.1, 0.15) is 6.54 Å². The number of nitrogens with one attached hydrogen (secondary N) is 2. The molecule has 1 aromatic heterocycles. The molecule has 1 aliphatic carbocycles. The van der Waals surface area contributed by atoms with Gasteiger partial charge in [0.25, 0.3) is 5.56 Å². The van der Waals surface area contributed by atoms with E-state index in [-0.39, 0.29) is 18.0 Å². The molecule has 1 heterocycles. The average molecular weight is 278 g/mol. The van der Waals surface area contributed by atoms with Crippen molar-refractivity contribution in [2.75, 3.05) is 11.9 Å². The summed E-state index contributed by atoms with van der Waals surface area (Å²) in [5.74, 6) is 0.200. The first-order valence-corrected chi connectivity index (χ1v) is 7.15. The van der Waals surface area contributed by atoms with Crippen LogP contribution in [-0.4, -0.2) is 28.3 Å². The molecule has 0 saturated heterocycles. The Labute approximate surface area is 118 Å². The summed E-state index contributed by atoms with van der Waals surface area (Å²) in [7, 11) is 0. The minimum absolute atomic E-state index is 0.0325. The fourth-order valence-electron chi connectivity index (χ4n) is 1.93. The van der Waals surface area contributed by atoms with Gasteiger partial charge in [0.15, 0.2) is 0 Å². The molecule has 2 rings (SSSR count). The average Bonchev–Trinajstić information content (AvgIpc) is 2.34. The predicted molar refractivity (Wildman–Crippen MR) is 77.6 cm³/mol. The summed E-state index contributed by atoms with van der Waals surface area (Å²) in [6, 6.07) is 1.96. The van der Waals surface area contributed by atoms with Gasteiger partial charge in [0, 0.05) is 18.7 Å². The van der Waals surface area contributed by atoms with E-state index in [2.05, 4.69) is 15.7 Å². The van der Waals surface area contributed by atoms with E-state index in [1.807, 2.05) is 13.8 Å². The summed E-state index contributed by atoms with van der Waals surface area (Å²) >= 11 is 0. The van der Waals surface area contributed by atoms with Gasteiger partial charge in [-0.2, -0.15) is 5.10 Å². The molecule has 0 spiro atoms. The molecule has 110 valence electrons. The van der Waals surface area contributed by atoms with Crippen LogP contribution in [-0.2, 0) is 11.3 Å². The summed E-state index contributed by atoms with van der Waals surface area (Å²) < 4.78 is 1.18. The quantitative estimate of drug-likeness (QED) is 0.813. The largest absolute Gasteiger partial charge is 0.381 e. The molecule has 0 radical (unpaired) electrons. The van der Waals surface area contributed by atoms with E-state index in [0.29, 0.717) is 18.5 Å². The molecule has 6 nitrogen and oxygen atoms in total. The van der Waals surface area contributed by atoms with Gasteiger partial charge in [-0.25, -0.2) is 4.68 Å². The lowest BCUT2D eigenvalue weighted by molar-refractivity contribution is -0.122. The molecular formula is C14H22N4O2. The first kappa shape index (κ1) is 14.6. The molecule has 2 N–H and O–H groups in total. The maximum absolute atomic E-state index is 11.9. The van der Waals surface area contributed by atoms with E-state index in [4.69, 9.17) is 0 Å². The standard InChI is InChI=1S/C14H22N4O2/c1-10(2)7-15-13(19)9-18-14(20)6-12(8-16-18)17-11-4-3-5-11/h6,8,10-11,17H,3-5,7,9H2,1-2H3,(H,15,19). The molecule has 1 fully saturated rings. The SMILES string of the molecule is CC(C)CNC(=O)Cn1ncc(NC2CCC2)cc1=O. The number of anilines is 1. The maximum Gasteiger partial charge on any atom is 0.269 e. The molecule has 20 heavy (non-hydrogen) atoms. The topological polar surface area (TPSA) is 76.0 Å². The summed E-state index contributed by atoms with van der Waals surface area (Å²) in [6.07, 6.45) is 5.12. The Morgan fingerprint density at radius 1 is 1.50 bits per heavy atom. The molecule has 1 aliphatic rings. The molecule has 1 saturated carbocycles. The Morgan fingerprint density at radius 3 is 2.80 bits per heavy atom.